The molecule has 0 radical (unpaired) electrons. The molecule has 1 aliphatic heterocycles. The van der Waals surface area contributed by atoms with Crippen molar-refractivity contribution in [1.29, 1.82) is 0 Å². The van der Waals surface area contributed by atoms with E-state index in [0.29, 0.717) is 18.3 Å². The molecule has 3 rings (SSSR count). The number of fused-ring (bicyclic) bond motifs is 1. The molecular weight excluding hydrogens is 234 g/mol. The van der Waals surface area contributed by atoms with E-state index in [1.165, 1.54) is 0 Å². The molecule has 92 valence electrons. The highest BCUT2D eigenvalue weighted by molar-refractivity contribution is 7.10. The van der Waals surface area contributed by atoms with Gasteiger partial charge in [0.05, 0.1) is 12.5 Å². The van der Waals surface area contributed by atoms with Crippen LogP contribution in [-0.2, 0) is 11.2 Å². The Hall–Kier alpha value is -0.870. The van der Waals surface area contributed by atoms with Gasteiger partial charge in [0.2, 0.25) is 5.91 Å². The predicted octanol–water partition coefficient (Wildman–Crippen LogP) is 1.52. The minimum absolute atomic E-state index is 0.181. The van der Waals surface area contributed by atoms with Gasteiger partial charge in [-0.15, -0.1) is 11.3 Å². The molecule has 2 heterocycles. The summed E-state index contributed by atoms with van der Waals surface area (Å²) in [5.41, 5.74) is 0. The number of aliphatic hydroxyl groups excluding tert-OH is 1. The molecule has 1 N–H and O–H groups in total. The first kappa shape index (κ1) is 11.2. The molecule has 17 heavy (non-hydrogen) atoms. The second kappa shape index (κ2) is 4.42. The first-order valence-electron chi connectivity index (χ1n) is 6.22. The van der Waals surface area contributed by atoms with Gasteiger partial charge in [-0.25, -0.2) is 0 Å². The minimum atomic E-state index is -0.181. The maximum absolute atomic E-state index is 12.1. The Morgan fingerprint density at radius 3 is 3.06 bits per heavy atom. The summed E-state index contributed by atoms with van der Waals surface area (Å²) in [5.74, 6) is 1.09. The maximum Gasteiger partial charge on any atom is 0.227 e. The van der Waals surface area contributed by atoms with Crippen molar-refractivity contribution < 1.29 is 9.90 Å². The van der Waals surface area contributed by atoms with Crippen molar-refractivity contribution in [2.75, 3.05) is 13.1 Å². The fourth-order valence-electron chi connectivity index (χ4n) is 3.11. The first-order chi connectivity index (χ1) is 8.24. The van der Waals surface area contributed by atoms with Crippen LogP contribution in [0.15, 0.2) is 17.5 Å². The van der Waals surface area contributed by atoms with Crippen molar-refractivity contribution in [1.82, 2.24) is 4.90 Å². The van der Waals surface area contributed by atoms with Crippen LogP contribution in [0.1, 0.15) is 17.7 Å². The van der Waals surface area contributed by atoms with E-state index in [9.17, 15) is 9.90 Å². The van der Waals surface area contributed by atoms with Gasteiger partial charge in [-0.2, -0.15) is 0 Å². The molecule has 1 saturated heterocycles. The molecule has 3 unspecified atom stereocenters. The van der Waals surface area contributed by atoms with Crippen LogP contribution in [0.2, 0.25) is 0 Å². The number of carbonyl (C=O) groups is 1. The van der Waals surface area contributed by atoms with Crippen molar-refractivity contribution in [3.8, 4) is 0 Å². The van der Waals surface area contributed by atoms with Gasteiger partial charge in [-0.3, -0.25) is 4.79 Å². The van der Waals surface area contributed by atoms with Crippen molar-refractivity contribution in [3.05, 3.63) is 22.4 Å². The zero-order chi connectivity index (χ0) is 11.8. The van der Waals surface area contributed by atoms with E-state index >= 15 is 0 Å². The lowest BCUT2D eigenvalue weighted by molar-refractivity contribution is -0.129. The normalized spacial score (nSPS) is 31.8. The van der Waals surface area contributed by atoms with E-state index in [0.717, 1.165) is 30.8 Å². The Bertz CT molecular complexity index is 404. The van der Waals surface area contributed by atoms with E-state index in [1.54, 1.807) is 11.3 Å². The van der Waals surface area contributed by atoms with Crippen LogP contribution in [0.5, 0.6) is 0 Å². The molecule has 1 saturated carbocycles. The molecule has 1 aromatic heterocycles. The van der Waals surface area contributed by atoms with Gasteiger partial charge < -0.3 is 10.0 Å². The van der Waals surface area contributed by atoms with E-state index in [-0.39, 0.29) is 12.0 Å². The van der Waals surface area contributed by atoms with Gasteiger partial charge >= 0.3 is 0 Å². The molecule has 1 aliphatic carbocycles. The fourth-order valence-corrected chi connectivity index (χ4v) is 3.81. The predicted molar refractivity (Wildman–Crippen MR) is 66.8 cm³/mol. The Kier molecular flexibility index (Phi) is 2.92. The summed E-state index contributed by atoms with van der Waals surface area (Å²) in [6.45, 7) is 1.61. The Morgan fingerprint density at radius 2 is 2.35 bits per heavy atom. The quantitative estimate of drug-likeness (QED) is 0.865. The van der Waals surface area contributed by atoms with Gasteiger partial charge in [0.1, 0.15) is 0 Å². The lowest BCUT2D eigenvalue weighted by atomic mass is 10.00. The molecule has 3 nitrogen and oxygen atoms in total. The number of carbonyl (C=O) groups excluding carboxylic acids is 1. The number of thiophene rings is 1. The molecule has 3 atom stereocenters. The Morgan fingerprint density at radius 1 is 1.47 bits per heavy atom. The third kappa shape index (κ3) is 2.11. The fraction of sp³-hybridized carbons (Fsp3) is 0.615. The third-order valence-electron chi connectivity index (χ3n) is 4.08. The van der Waals surface area contributed by atoms with Crippen molar-refractivity contribution in [3.63, 3.8) is 0 Å². The molecule has 1 amide bonds. The minimum Gasteiger partial charge on any atom is -0.393 e. The Balaban J connectivity index is 1.61. The van der Waals surface area contributed by atoms with Crippen LogP contribution >= 0.6 is 11.3 Å². The zero-order valence-corrected chi connectivity index (χ0v) is 10.5. The lowest BCUT2D eigenvalue weighted by Crippen LogP contribution is -2.32. The number of likely N-dealkylation sites (tertiary alicyclic amines) is 1. The molecule has 0 spiro atoms. The number of nitrogens with zero attached hydrogens (tertiary/aromatic N) is 1. The molecule has 0 aromatic carbocycles. The van der Waals surface area contributed by atoms with Crippen molar-refractivity contribution in [2.24, 2.45) is 11.8 Å². The number of aliphatic hydroxyl groups is 1. The van der Waals surface area contributed by atoms with E-state index in [2.05, 4.69) is 0 Å². The maximum atomic E-state index is 12.1. The average molecular weight is 251 g/mol. The SMILES string of the molecule is O=C(Cc1cccs1)N1CC2CCC(O)C2C1. The second-order valence-electron chi connectivity index (χ2n) is 5.12. The molecular formula is C13H17NO2S. The van der Waals surface area contributed by atoms with Gasteiger partial charge in [-0.1, -0.05) is 6.07 Å². The smallest absolute Gasteiger partial charge is 0.227 e. The topological polar surface area (TPSA) is 40.5 Å². The molecule has 0 bridgehead atoms. The highest BCUT2D eigenvalue weighted by Gasteiger charge is 2.43. The summed E-state index contributed by atoms with van der Waals surface area (Å²) >= 11 is 1.64. The highest BCUT2D eigenvalue weighted by atomic mass is 32.1. The van der Waals surface area contributed by atoms with Gasteiger partial charge in [0.15, 0.2) is 0 Å². The summed E-state index contributed by atoms with van der Waals surface area (Å²) in [5, 5.41) is 11.8. The van der Waals surface area contributed by atoms with E-state index in [4.69, 9.17) is 0 Å². The van der Waals surface area contributed by atoms with Crippen LogP contribution in [0, 0.1) is 11.8 Å². The summed E-state index contributed by atoms with van der Waals surface area (Å²) in [6, 6.07) is 3.99. The van der Waals surface area contributed by atoms with Crippen LogP contribution < -0.4 is 0 Å². The lowest BCUT2D eigenvalue weighted by Gasteiger charge is -2.18. The van der Waals surface area contributed by atoms with Crippen LogP contribution in [-0.4, -0.2) is 35.1 Å². The second-order valence-corrected chi connectivity index (χ2v) is 6.16. The average Bonchev–Trinajstić information content (AvgIpc) is 2.97. The van der Waals surface area contributed by atoms with Crippen LogP contribution in [0.3, 0.4) is 0 Å². The summed E-state index contributed by atoms with van der Waals surface area (Å²) < 4.78 is 0. The van der Waals surface area contributed by atoms with Gasteiger partial charge in [-0.05, 0) is 30.2 Å². The molecule has 1 aromatic rings. The third-order valence-corrected chi connectivity index (χ3v) is 4.95. The number of rotatable bonds is 2. The number of hydrogen-bond donors (Lipinski definition) is 1. The molecule has 4 heteroatoms. The summed E-state index contributed by atoms with van der Waals surface area (Å²) in [4.78, 5) is 15.2. The summed E-state index contributed by atoms with van der Waals surface area (Å²) in [6.07, 6.45) is 2.34. The standard InChI is InChI=1S/C13H17NO2S/c15-12-4-3-9-7-14(8-11(9)12)13(16)6-10-2-1-5-17-10/h1-2,5,9,11-12,15H,3-4,6-8H2. The Labute approximate surface area is 105 Å². The van der Waals surface area contributed by atoms with Crippen LogP contribution in [0.25, 0.3) is 0 Å². The van der Waals surface area contributed by atoms with Crippen molar-refractivity contribution in [2.45, 2.75) is 25.4 Å². The van der Waals surface area contributed by atoms with Gasteiger partial charge in [0.25, 0.3) is 0 Å². The highest BCUT2D eigenvalue weighted by Crippen LogP contribution is 2.38. The number of hydrogen-bond acceptors (Lipinski definition) is 3. The van der Waals surface area contributed by atoms with E-state index < -0.39 is 0 Å². The van der Waals surface area contributed by atoms with E-state index in [1.807, 2.05) is 22.4 Å². The molecule has 2 fully saturated rings. The monoisotopic (exact) mass is 251 g/mol. The molecule has 2 aliphatic rings. The number of amides is 1. The largest absolute Gasteiger partial charge is 0.393 e. The van der Waals surface area contributed by atoms with Gasteiger partial charge in [0, 0.05) is 23.9 Å². The first-order valence-corrected chi connectivity index (χ1v) is 7.10. The van der Waals surface area contributed by atoms with Crippen LogP contribution in [0.4, 0.5) is 0 Å². The van der Waals surface area contributed by atoms with Crippen molar-refractivity contribution >= 4 is 17.2 Å². The summed E-state index contributed by atoms with van der Waals surface area (Å²) in [7, 11) is 0. The zero-order valence-electron chi connectivity index (χ0n) is 9.71.